The second-order valence-corrected chi connectivity index (χ2v) is 10.7. The van der Waals surface area contributed by atoms with Crippen LogP contribution in [0.3, 0.4) is 0 Å². The normalized spacial score (nSPS) is 15.1. The maximum Gasteiger partial charge on any atom is 0.408 e. The molecule has 1 aliphatic rings. The average molecular weight is 516 g/mol. The molecule has 37 heavy (non-hydrogen) atoms. The molecule has 2 N–H and O–H groups in total. The van der Waals surface area contributed by atoms with E-state index in [0.717, 1.165) is 24.8 Å². The molecule has 9 nitrogen and oxygen atoms in total. The van der Waals surface area contributed by atoms with Crippen LogP contribution in [0.25, 0.3) is 6.08 Å². The second-order valence-electron chi connectivity index (χ2n) is 10.7. The topological polar surface area (TPSA) is 114 Å². The van der Waals surface area contributed by atoms with Gasteiger partial charge in [0.1, 0.15) is 24.2 Å². The Labute approximate surface area is 219 Å². The van der Waals surface area contributed by atoms with E-state index in [2.05, 4.69) is 21.9 Å². The summed E-state index contributed by atoms with van der Waals surface area (Å²) in [7, 11) is 1.24. The van der Waals surface area contributed by atoms with Crippen LogP contribution in [0.5, 0.6) is 0 Å². The molecular formula is C28H41N3O6. The molecule has 3 amide bonds. The first-order valence-corrected chi connectivity index (χ1v) is 12.7. The van der Waals surface area contributed by atoms with E-state index < -0.39 is 35.7 Å². The van der Waals surface area contributed by atoms with Crippen molar-refractivity contribution in [2.75, 3.05) is 13.7 Å². The molecule has 0 saturated heterocycles. The van der Waals surface area contributed by atoms with Crippen molar-refractivity contribution < 1.29 is 28.7 Å². The van der Waals surface area contributed by atoms with E-state index in [4.69, 9.17) is 4.74 Å². The largest absolute Gasteiger partial charge is 0.468 e. The number of benzene rings is 1. The van der Waals surface area contributed by atoms with Gasteiger partial charge in [-0.1, -0.05) is 44.7 Å². The van der Waals surface area contributed by atoms with Crippen LogP contribution < -0.4 is 10.6 Å². The fourth-order valence-electron chi connectivity index (χ4n) is 4.13. The van der Waals surface area contributed by atoms with Crippen LogP contribution >= 0.6 is 0 Å². The van der Waals surface area contributed by atoms with Gasteiger partial charge in [-0.2, -0.15) is 0 Å². The summed E-state index contributed by atoms with van der Waals surface area (Å²) in [6.07, 6.45) is 3.72. The fourth-order valence-corrected chi connectivity index (χ4v) is 4.13. The van der Waals surface area contributed by atoms with Crippen LogP contribution in [0.1, 0.15) is 77.5 Å². The lowest BCUT2D eigenvalue weighted by molar-refractivity contribution is -0.148. The summed E-state index contributed by atoms with van der Waals surface area (Å²) in [4.78, 5) is 53.7. The molecule has 0 aromatic heterocycles. The monoisotopic (exact) mass is 515 g/mol. The van der Waals surface area contributed by atoms with Crippen molar-refractivity contribution in [3.05, 3.63) is 42.0 Å². The summed E-state index contributed by atoms with van der Waals surface area (Å²) >= 11 is 0. The number of carbonyl (C=O) groups excluding carboxylic acids is 4. The Hall–Kier alpha value is -3.36. The van der Waals surface area contributed by atoms with Gasteiger partial charge in [-0.25, -0.2) is 4.79 Å². The summed E-state index contributed by atoms with van der Waals surface area (Å²) in [5.41, 5.74) is 0.639. The fraction of sp³-hybridized carbons (Fsp3) is 0.571. The second kappa shape index (κ2) is 13.3. The van der Waals surface area contributed by atoms with E-state index in [1.165, 1.54) is 7.11 Å². The summed E-state index contributed by atoms with van der Waals surface area (Å²) in [5, 5.41) is 5.36. The molecule has 0 aliphatic heterocycles. The zero-order chi connectivity index (χ0) is 27.8. The number of hydrogen-bond acceptors (Lipinski definition) is 6. The number of rotatable bonds is 11. The number of nitrogens with zero attached hydrogens (tertiary/aromatic N) is 1. The lowest BCUT2D eigenvalue weighted by Gasteiger charge is -2.43. The summed E-state index contributed by atoms with van der Waals surface area (Å²) in [6.45, 7) is 12.6. The quantitative estimate of drug-likeness (QED) is 0.431. The molecule has 2 atom stereocenters. The maximum absolute atomic E-state index is 14.1. The molecular weight excluding hydrogens is 474 g/mol. The van der Waals surface area contributed by atoms with Crippen molar-refractivity contribution in [1.82, 2.24) is 15.5 Å². The minimum Gasteiger partial charge on any atom is -0.468 e. The van der Waals surface area contributed by atoms with E-state index in [9.17, 15) is 19.2 Å². The highest BCUT2D eigenvalue weighted by atomic mass is 16.6. The van der Waals surface area contributed by atoms with Crippen molar-refractivity contribution in [2.45, 2.75) is 84.0 Å². The van der Waals surface area contributed by atoms with Crippen LogP contribution in [0.2, 0.25) is 0 Å². The summed E-state index contributed by atoms with van der Waals surface area (Å²) in [5.74, 6) is -1.39. The number of methoxy groups -OCH3 is 1. The Kier molecular flexibility index (Phi) is 10.7. The molecule has 1 fully saturated rings. The number of alkyl carbamates (subject to hydrolysis) is 1. The van der Waals surface area contributed by atoms with Crippen molar-refractivity contribution in [3.63, 3.8) is 0 Å². The van der Waals surface area contributed by atoms with Crippen LogP contribution in [-0.4, -0.2) is 60.1 Å². The Morgan fingerprint density at radius 3 is 2.38 bits per heavy atom. The van der Waals surface area contributed by atoms with E-state index in [1.54, 1.807) is 49.9 Å². The lowest BCUT2D eigenvalue weighted by Crippen LogP contribution is -2.58. The van der Waals surface area contributed by atoms with Crippen LogP contribution in [-0.2, 0) is 23.9 Å². The predicted octanol–water partition coefficient (Wildman–Crippen LogP) is 3.98. The molecule has 0 radical (unpaired) electrons. The molecule has 9 heteroatoms. The van der Waals surface area contributed by atoms with Crippen LogP contribution in [0.4, 0.5) is 4.79 Å². The van der Waals surface area contributed by atoms with Gasteiger partial charge in [0, 0.05) is 6.04 Å². The molecule has 2 unspecified atom stereocenters. The van der Waals surface area contributed by atoms with Gasteiger partial charge in [0.2, 0.25) is 11.8 Å². The van der Waals surface area contributed by atoms with E-state index in [0.29, 0.717) is 12.0 Å². The molecule has 1 aliphatic carbocycles. The van der Waals surface area contributed by atoms with Gasteiger partial charge in [0.25, 0.3) is 0 Å². The SMILES string of the molecule is C=Cc1cccc(C(C(=O)NCC(=O)OC)N(C(=O)C(CC(C)C)NC(=O)OC(C)(C)C)C2CCC2)c1. The minimum absolute atomic E-state index is 0.0859. The van der Waals surface area contributed by atoms with Crippen molar-refractivity contribution in [1.29, 1.82) is 0 Å². The number of nitrogens with one attached hydrogen (secondary N) is 2. The van der Waals surface area contributed by atoms with Gasteiger partial charge in [-0.3, -0.25) is 14.4 Å². The lowest BCUT2D eigenvalue weighted by atomic mass is 9.87. The molecule has 1 aromatic rings. The van der Waals surface area contributed by atoms with Gasteiger partial charge >= 0.3 is 12.1 Å². The van der Waals surface area contributed by atoms with Gasteiger partial charge in [-0.05, 0) is 69.6 Å². The van der Waals surface area contributed by atoms with Crippen LogP contribution in [0.15, 0.2) is 30.8 Å². The summed E-state index contributed by atoms with van der Waals surface area (Å²) < 4.78 is 10.1. The number of hydrogen-bond donors (Lipinski definition) is 2. The first kappa shape index (κ1) is 29.9. The molecule has 1 aromatic carbocycles. The third-order valence-electron chi connectivity index (χ3n) is 6.04. The van der Waals surface area contributed by atoms with Crippen molar-refractivity contribution >= 4 is 30.0 Å². The Balaban J connectivity index is 2.50. The molecule has 1 saturated carbocycles. The first-order valence-electron chi connectivity index (χ1n) is 12.7. The van der Waals surface area contributed by atoms with E-state index in [1.807, 2.05) is 19.9 Å². The molecule has 0 heterocycles. The molecule has 0 bridgehead atoms. The summed E-state index contributed by atoms with van der Waals surface area (Å²) in [6, 6.07) is 5.11. The number of carbonyl (C=O) groups is 4. The average Bonchev–Trinajstić information content (AvgIpc) is 2.78. The van der Waals surface area contributed by atoms with Crippen LogP contribution in [0, 0.1) is 5.92 Å². The number of amides is 3. The zero-order valence-electron chi connectivity index (χ0n) is 22.8. The molecule has 204 valence electrons. The van der Waals surface area contributed by atoms with Crippen molar-refractivity contribution in [3.8, 4) is 0 Å². The van der Waals surface area contributed by atoms with Gasteiger partial charge in [0.15, 0.2) is 0 Å². The Bertz CT molecular complexity index is 980. The van der Waals surface area contributed by atoms with Gasteiger partial charge < -0.3 is 25.0 Å². The highest BCUT2D eigenvalue weighted by molar-refractivity contribution is 5.93. The first-order chi connectivity index (χ1) is 17.4. The highest BCUT2D eigenvalue weighted by Gasteiger charge is 2.42. The van der Waals surface area contributed by atoms with E-state index in [-0.39, 0.29) is 24.4 Å². The molecule has 0 spiro atoms. The predicted molar refractivity (Wildman–Crippen MR) is 141 cm³/mol. The standard InChI is InChI=1S/C28H41N3O6/c1-8-19-11-9-12-20(16-19)24(25(33)29-17-23(32)36-7)31(21-13-10-14-21)26(34)22(15-18(2)3)30-27(35)37-28(4,5)6/h8-9,11-12,16,18,21-22,24H,1,10,13-15,17H2,2-7H3,(H,29,33)(H,30,35). The number of ether oxygens (including phenoxy) is 2. The zero-order valence-corrected chi connectivity index (χ0v) is 22.8. The Morgan fingerprint density at radius 1 is 1.19 bits per heavy atom. The highest BCUT2D eigenvalue weighted by Crippen LogP contribution is 2.34. The third-order valence-corrected chi connectivity index (χ3v) is 6.04. The third kappa shape index (κ3) is 8.91. The van der Waals surface area contributed by atoms with Gasteiger partial charge in [0.05, 0.1) is 7.11 Å². The van der Waals surface area contributed by atoms with E-state index >= 15 is 0 Å². The smallest absolute Gasteiger partial charge is 0.408 e. The molecule has 2 rings (SSSR count). The van der Waals surface area contributed by atoms with Crippen molar-refractivity contribution in [2.24, 2.45) is 5.92 Å². The van der Waals surface area contributed by atoms with Gasteiger partial charge in [-0.15, -0.1) is 0 Å². The maximum atomic E-state index is 14.1. The Morgan fingerprint density at radius 2 is 1.86 bits per heavy atom. The number of esters is 1. The minimum atomic E-state index is -1.02.